The first-order chi connectivity index (χ1) is 8.40. The largest absolute Gasteiger partial charge is 0.374 e. The molecule has 4 rings (SSSR count). The predicted octanol–water partition coefficient (Wildman–Crippen LogP) is 2.30. The normalized spacial score (nSPS) is 39.8. The average Bonchev–Trinajstić information content (AvgIpc) is 3.00. The number of hydrogen-bond donors (Lipinski definition) is 0. The van der Waals surface area contributed by atoms with Gasteiger partial charge in [-0.3, -0.25) is 4.90 Å². The van der Waals surface area contributed by atoms with Crippen LogP contribution in [-0.2, 0) is 11.3 Å². The summed E-state index contributed by atoms with van der Waals surface area (Å²) in [5.74, 6) is 1.66. The number of nitrogens with zero attached hydrogens (tertiary/aromatic N) is 1. The molecule has 17 heavy (non-hydrogen) atoms. The van der Waals surface area contributed by atoms with Crippen molar-refractivity contribution in [2.24, 2.45) is 11.8 Å². The second-order valence-electron chi connectivity index (χ2n) is 5.80. The number of likely N-dealkylation sites (tertiary alicyclic amines) is 1. The minimum Gasteiger partial charge on any atom is -0.374 e. The lowest BCUT2D eigenvalue weighted by Crippen LogP contribution is -2.24. The van der Waals surface area contributed by atoms with Gasteiger partial charge in [0.25, 0.3) is 0 Å². The monoisotopic (exact) mass is 229 g/mol. The summed E-state index contributed by atoms with van der Waals surface area (Å²) in [6, 6.07) is 10.8. The number of rotatable bonds is 2. The first-order valence-corrected chi connectivity index (χ1v) is 6.82. The lowest BCUT2D eigenvalue weighted by Gasteiger charge is -2.18. The van der Waals surface area contributed by atoms with Crippen molar-refractivity contribution < 1.29 is 4.74 Å². The van der Waals surface area contributed by atoms with Crippen molar-refractivity contribution in [1.82, 2.24) is 4.90 Å². The Balaban J connectivity index is 1.46. The van der Waals surface area contributed by atoms with E-state index in [0.29, 0.717) is 12.2 Å². The van der Waals surface area contributed by atoms with Crippen molar-refractivity contribution in [3.05, 3.63) is 35.9 Å². The molecule has 0 radical (unpaired) electrons. The van der Waals surface area contributed by atoms with Crippen molar-refractivity contribution in [3.63, 3.8) is 0 Å². The van der Waals surface area contributed by atoms with Gasteiger partial charge in [0.2, 0.25) is 0 Å². The molecule has 3 saturated heterocycles. The first kappa shape index (κ1) is 10.1. The Morgan fingerprint density at radius 3 is 2.29 bits per heavy atom. The standard InChI is InChI=1S/C15H19NO/c1-2-4-11(5-3-1)8-16-9-12-13(10-16)15-7-6-14(12)17-15/h1-5,12-15H,6-10H2/t12-,13?,14-,15?/m1/s1. The van der Waals surface area contributed by atoms with Crippen LogP contribution in [0.1, 0.15) is 18.4 Å². The molecule has 1 aromatic rings. The molecule has 0 aliphatic carbocycles. The highest BCUT2D eigenvalue weighted by molar-refractivity contribution is 5.15. The maximum atomic E-state index is 6.01. The van der Waals surface area contributed by atoms with E-state index in [0.717, 1.165) is 18.4 Å². The van der Waals surface area contributed by atoms with Crippen molar-refractivity contribution in [1.29, 1.82) is 0 Å². The first-order valence-electron chi connectivity index (χ1n) is 6.82. The van der Waals surface area contributed by atoms with Gasteiger partial charge in [0.15, 0.2) is 0 Å². The maximum absolute atomic E-state index is 6.01. The minimum absolute atomic E-state index is 0.589. The van der Waals surface area contributed by atoms with Gasteiger partial charge in [-0.05, 0) is 18.4 Å². The highest BCUT2D eigenvalue weighted by Gasteiger charge is 2.52. The molecule has 0 aromatic heterocycles. The van der Waals surface area contributed by atoms with E-state index in [9.17, 15) is 0 Å². The molecule has 3 heterocycles. The third-order valence-electron chi connectivity index (χ3n) is 4.78. The summed E-state index contributed by atoms with van der Waals surface area (Å²) >= 11 is 0. The minimum atomic E-state index is 0.589. The summed E-state index contributed by atoms with van der Waals surface area (Å²) in [5.41, 5.74) is 1.45. The van der Waals surface area contributed by atoms with Gasteiger partial charge in [-0.25, -0.2) is 0 Å². The fourth-order valence-electron chi connectivity index (χ4n) is 4.02. The summed E-state index contributed by atoms with van der Waals surface area (Å²) in [6.45, 7) is 3.62. The van der Waals surface area contributed by atoms with Gasteiger partial charge in [-0.1, -0.05) is 30.3 Å². The van der Waals surface area contributed by atoms with Crippen LogP contribution in [0.25, 0.3) is 0 Å². The van der Waals surface area contributed by atoms with E-state index in [1.165, 1.54) is 31.5 Å². The molecule has 3 aliphatic heterocycles. The molecular formula is C15H19NO. The Morgan fingerprint density at radius 2 is 1.65 bits per heavy atom. The van der Waals surface area contributed by atoms with Gasteiger partial charge < -0.3 is 4.74 Å². The molecule has 0 amide bonds. The van der Waals surface area contributed by atoms with E-state index in [4.69, 9.17) is 4.74 Å². The van der Waals surface area contributed by atoms with E-state index < -0.39 is 0 Å². The van der Waals surface area contributed by atoms with Crippen molar-refractivity contribution >= 4 is 0 Å². The lowest BCUT2D eigenvalue weighted by atomic mass is 9.82. The van der Waals surface area contributed by atoms with Gasteiger partial charge in [-0.2, -0.15) is 0 Å². The van der Waals surface area contributed by atoms with Gasteiger partial charge in [0.05, 0.1) is 12.2 Å². The van der Waals surface area contributed by atoms with Crippen LogP contribution in [0, 0.1) is 11.8 Å². The smallest absolute Gasteiger partial charge is 0.0624 e. The fraction of sp³-hybridized carbons (Fsp3) is 0.600. The second-order valence-corrected chi connectivity index (χ2v) is 5.80. The molecule has 0 spiro atoms. The van der Waals surface area contributed by atoms with Crippen LogP contribution in [0.2, 0.25) is 0 Å². The number of fused-ring (bicyclic) bond motifs is 5. The fourth-order valence-corrected chi connectivity index (χ4v) is 4.02. The Kier molecular flexibility index (Phi) is 2.27. The molecule has 3 aliphatic rings. The van der Waals surface area contributed by atoms with Gasteiger partial charge in [-0.15, -0.1) is 0 Å². The predicted molar refractivity (Wildman–Crippen MR) is 66.6 cm³/mol. The highest BCUT2D eigenvalue weighted by atomic mass is 16.5. The van der Waals surface area contributed by atoms with E-state index in [-0.39, 0.29) is 0 Å². The zero-order chi connectivity index (χ0) is 11.2. The van der Waals surface area contributed by atoms with E-state index in [2.05, 4.69) is 35.2 Å². The summed E-state index contributed by atoms with van der Waals surface area (Å²) in [5, 5.41) is 0. The topological polar surface area (TPSA) is 12.5 Å². The summed E-state index contributed by atoms with van der Waals surface area (Å²) in [4.78, 5) is 2.62. The Bertz CT molecular complexity index is 387. The Labute approximate surface area is 103 Å². The Hall–Kier alpha value is -0.860. The average molecular weight is 229 g/mol. The van der Waals surface area contributed by atoms with Crippen LogP contribution in [0.4, 0.5) is 0 Å². The van der Waals surface area contributed by atoms with E-state index in [1.54, 1.807) is 0 Å². The Morgan fingerprint density at radius 1 is 1.00 bits per heavy atom. The maximum Gasteiger partial charge on any atom is 0.0624 e. The molecule has 3 fully saturated rings. The molecule has 2 unspecified atom stereocenters. The van der Waals surface area contributed by atoms with Crippen molar-refractivity contribution in [3.8, 4) is 0 Å². The lowest BCUT2D eigenvalue weighted by molar-refractivity contribution is 0.0697. The van der Waals surface area contributed by atoms with Gasteiger partial charge >= 0.3 is 0 Å². The van der Waals surface area contributed by atoms with Crippen LogP contribution in [0.3, 0.4) is 0 Å². The van der Waals surface area contributed by atoms with Gasteiger partial charge in [0, 0.05) is 31.5 Å². The quantitative estimate of drug-likeness (QED) is 0.771. The number of ether oxygens (including phenoxy) is 1. The van der Waals surface area contributed by atoms with Crippen LogP contribution in [0.5, 0.6) is 0 Å². The molecule has 2 heteroatoms. The van der Waals surface area contributed by atoms with E-state index in [1.807, 2.05) is 0 Å². The third kappa shape index (κ3) is 1.62. The second kappa shape index (κ2) is 3.82. The van der Waals surface area contributed by atoms with Crippen LogP contribution < -0.4 is 0 Å². The molecule has 0 N–H and O–H groups in total. The third-order valence-corrected chi connectivity index (χ3v) is 4.78. The molecular weight excluding hydrogens is 210 g/mol. The molecule has 4 atom stereocenters. The highest BCUT2D eigenvalue weighted by Crippen LogP contribution is 2.47. The molecule has 2 bridgehead atoms. The molecule has 90 valence electrons. The van der Waals surface area contributed by atoms with E-state index >= 15 is 0 Å². The van der Waals surface area contributed by atoms with Crippen molar-refractivity contribution in [2.75, 3.05) is 13.1 Å². The SMILES string of the molecule is c1ccc(CN2CC3C4CC[C@@H](O4)[C@@H]3C2)cc1. The van der Waals surface area contributed by atoms with Crippen LogP contribution in [-0.4, -0.2) is 30.2 Å². The zero-order valence-corrected chi connectivity index (χ0v) is 10.1. The van der Waals surface area contributed by atoms with Crippen LogP contribution >= 0.6 is 0 Å². The number of benzene rings is 1. The molecule has 2 nitrogen and oxygen atoms in total. The van der Waals surface area contributed by atoms with Crippen molar-refractivity contribution in [2.45, 2.75) is 31.6 Å². The molecule has 1 aromatic carbocycles. The summed E-state index contributed by atoms with van der Waals surface area (Å²) < 4.78 is 6.01. The number of hydrogen-bond acceptors (Lipinski definition) is 2. The molecule has 0 saturated carbocycles. The summed E-state index contributed by atoms with van der Waals surface area (Å²) in [7, 11) is 0. The summed E-state index contributed by atoms with van der Waals surface area (Å²) in [6.07, 6.45) is 3.80. The zero-order valence-electron chi connectivity index (χ0n) is 10.1. The van der Waals surface area contributed by atoms with Crippen LogP contribution in [0.15, 0.2) is 30.3 Å². The van der Waals surface area contributed by atoms with Gasteiger partial charge in [0.1, 0.15) is 0 Å².